The summed E-state index contributed by atoms with van der Waals surface area (Å²) in [5.41, 5.74) is 17.1. The third-order valence-corrected chi connectivity index (χ3v) is 12.1. The van der Waals surface area contributed by atoms with Crippen molar-refractivity contribution in [2.75, 3.05) is 4.90 Å². The fourth-order valence-corrected chi connectivity index (χ4v) is 9.74. The molecule has 0 radical (unpaired) electrons. The molecule has 0 saturated heterocycles. The molecule has 1 spiro atoms. The Balaban J connectivity index is 1.00. The first-order chi connectivity index (χ1) is 28.8. The first kappa shape index (κ1) is 32.6. The lowest BCUT2D eigenvalue weighted by molar-refractivity contribution is 0.360. The van der Waals surface area contributed by atoms with Crippen molar-refractivity contribution in [3.05, 3.63) is 235 Å². The Morgan fingerprint density at radius 1 is 0.328 bits per heavy atom. The van der Waals surface area contributed by atoms with E-state index in [9.17, 15) is 0 Å². The van der Waals surface area contributed by atoms with Gasteiger partial charge in [-0.1, -0.05) is 164 Å². The van der Waals surface area contributed by atoms with Crippen LogP contribution in [-0.4, -0.2) is 0 Å². The first-order valence-corrected chi connectivity index (χ1v) is 19.8. The molecule has 3 heteroatoms. The third-order valence-electron chi connectivity index (χ3n) is 12.1. The molecule has 1 aliphatic heterocycles. The van der Waals surface area contributed by atoms with Crippen LogP contribution in [0.3, 0.4) is 0 Å². The van der Waals surface area contributed by atoms with E-state index in [1.54, 1.807) is 0 Å². The van der Waals surface area contributed by atoms with E-state index in [1.807, 2.05) is 0 Å². The van der Waals surface area contributed by atoms with Crippen LogP contribution in [0.1, 0.15) is 22.3 Å². The van der Waals surface area contributed by atoms with Gasteiger partial charge in [-0.15, -0.1) is 0 Å². The standard InChI is InChI=1S/C55H35NO2/c1-4-16-36(17-5-1)38-28-31-49(44(34-38)37-18-6-2-7-19-37)56(39-20-8-3-9-21-39)40-29-32-50-52(35-40)57-51-33-30-48-53(54(51)58-50)43-24-12-15-27-47(43)55(48)45-25-13-10-22-41(45)42-23-11-14-26-46(42)55/h1-35H. The highest BCUT2D eigenvalue weighted by Gasteiger charge is 2.53. The average Bonchev–Trinajstić information content (AvgIpc) is 3.77. The summed E-state index contributed by atoms with van der Waals surface area (Å²) in [6, 6.07) is 75.7. The van der Waals surface area contributed by atoms with Gasteiger partial charge in [0.15, 0.2) is 23.0 Å². The van der Waals surface area contributed by atoms with Crippen LogP contribution in [0.5, 0.6) is 23.0 Å². The van der Waals surface area contributed by atoms with E-state index in [-0.39, 0.29) is 0 Å². The summed E-state index contributed by atoms with van der Waals surface area (Å²) in [6.07, 6.45) is 0. The Morgan fingerprint density at radius 3 is 1.59 bits per heavy atom. The lowest BCUT2D eigenvalue weighted by Gasteiger charge is -2.31. The van der Waals surface area contributed by atoms with Crippen LogP contribution >= 0.6 is 0 Å². The summed E-state index contributed by atoms with van der Waals surface area (Å²) in [4.78, 5) is 2.31. The molecule has 3 aliphatic rings. The van der Waals surface area contributed by atoms with Gasteiger partial charge < -0.3 is 14.4 Å². The molecule has 58 heavy (non-hydrogen) atoms. The first-order valence-electron chi connectivity index (χ1n) is 19.8. The summed E-state index contributed by atoms with van der Waals surface area (Å²) in [7, 11) is 0. The van der Waals surface area contributed by atoms with E-state index in [1.165, 1.54) is 44.5 Å². The molecule has 1 heterocycles. The lowest BCUT2D eigenvalue weighted by Crippen LogP contribution is -2.25. The highest BCUT2D eigenvalue weighted by molar-refractivity contribution is 5.98. The van der Waals surface area contributed by atoms with E-state index in [4.69, 9.17) is 9.47 Å². The van der Waals surface area contributed by atoms with Crippen LogP contribution in [0.2, 0.25) is 0 Å². The fourth-order valence-electron chi connectivity index (χ4n) is 9.74. The van der Waals surface area contributed by atoms with Gasteiger partial charge in [0.1, 0.15) is 0 Å². The molecule has 3 nitrogen and oxygen atoms in total. The lowest BCUT2D eigenvalue weighted by atomic mass is 9.70. The predicted octanol–water partition coefficient (Wildman–Crippen LogP) is 14.7. The Hall–Kier alpha value is -7.62. The minimum atomic E-state index is -0.454. The smallest absolute Gasteiger partial charge is 0.178 e. The largest absolute Gasteiger partial charge is 0.449 e. The molecule has 2 aliphatic carbocycles. The van der Waals surface area contributed by atoms with Gasteiger partial charge in [0, 0.05) is 22.9 Å². The van der Waals surface area contributed by atoms with Gasteiger partial charge in [-0.2, -0.15) is 0 Å². The molecular weight excluding hydrogens is 707 g/mol. The van der Waals surface area contributed by atoms with E-state index >= 15 is 0 Å². The molecule has 0 fully saturated rings. The molecule has 0 saturated carbocycles. The Labute approximate surface area is 337 Å². The minimum absolute atomic E-state index is 0.454. The van der Waals surface area contributed by atoms with Crippen molar-refractivity contribution in [2.24, 2.45) is 0 Å². The van der Waals surface area contributed by atoms with Gasteiger partial charge in [0.2, 0.25) is 0 Å². The van der Waals surface area contributed by atoms with Crippen LogP contribution in [0, 0.1) is 0 Å². The zero-order chi connectivity index (χ0) is 38.2. The normalized spacial score (nSPS) is 13.2. The second kappa shape index (κ2) is 12.7. The summed E-state index contributed by atoms with van der Waals surface area (Å²) in [5, 5.41) is 0. The van der Waals surface area contributed by atoms with Crippen molar-refractivity contribution in [1.82, 2.24) is 0 Å². The monoisotopic (exact) mass is 741 g/mol. The molecular formula is C55H35NO2. The number of anilines is 3. The van der Waals surface area contributed by atoms with Crippen molar-refractivity contribution in [2.45, 2.75) is 5.41 Å². The molecule has 0 bridgehead atoms. The maximum atomic E-state index is 7.02. The van der Waals surface area contributed by atoms with Gasteiger partial charge in [-0.25, -0.2) is 0 Å². The number of benzene rings is 9. The molecule has 272 valence electrons. The van der Waals surface area contributed by atoms with Gasteiger partial charge in [-0.05, 0) is 98.1 Å². The predicted molar refractivity (Wildman–Crippen MR) is 235 cm³/mol. The molecule has 0 amide bonds. The second-order valence-corrected chi connectivity index (χ2v) is 15.2. The number of ether oxygens (including phenoxy) is 2. The summed E-state index contributed by atoms with van der Waals surface area (Å²) < 4.78 is 13.9. The van der Waals surface area contributed by atoms with Crippen molar-refractivity contribution < 1.29 is 9.47 Å². The second-order valence-electron chi connectivity index (χ2n) is 15.2. The Bertz CT molecular complexity index is 3020. The third kappa shape index (κ3) is 4.68. The number of para-hydroxylation sites is 1. The topological polar surface area (TPSA) is 21.7 Å². The van der Waals surface area contributed by atoms with Crippen LogP contribution in [0.15, 0.2) is 212 Å². The number of rotatable bonds is 5. The maximum Gasteiger partial charge on any atom is 0.178 e. The highest BCUT2D eigenvalue weighted by Crippen LogP contribution is 2.66. The molecule has 0 aromatic heterocycles. The molecule has 12 rings (SSSR count). The number of hydrogen-bond donors (Lipinski definition) is 0. The van der Waals surface area contributed by atoms with E-state index < -0.39 is 5.41 Å². The van der Waals surface area contributed by atoms with E-state index in [0.717, 1.165) is 45.1 Å². The van der Waals surface area contributed by atoms with Gasteiger partial charge in [-0.3, -0.25) is 0 Å². The fraction of sp³-hybridized carbons (Fsp3) is 0.0182. The van der Waals surface area contributed by atoms with Gasteiger partial charge >= 0.3 is 0 Å². The van der Waals surface area contributed by atoms with E-state index in [0.29, 0.717) is 17.2 Å². The number of nitrogens with zero attached hydrogens (tertiary/aromatic N) is 1. The Kier molecular flexibility index (Phi) is 7.14. The minimum Gasteiger partial charge on any atom is -0.449 e. The van der Waals surface area contributed by atoms with Gasteiger partial charge in [0.25, 0.3) is 0 Å². The SMILES string of the molecule is c1ccc(-c2ccc(N(c3ccccc3)c3ccc4c(c3)Oc3ccc5c(c3O4)-c3ccccc3C53c4ccccc4-c4ccccc43)c(-c3ccccc3)c2)cc1. The van der Waals surface area contributed by atoms with Crippen molar-refractivity contribution in [3.8, 4) is 67.5 Å². The van der Waals surface area contributed by atoms with Crippen LogP contribution < -0.4 is 14.4 Å². The molecule has 9 aromatic carbocycles. The van der Waals surface area contributed by atoms with Crippen molar-refractivity contribution in [3.63, 3.8) is 0 Å². The highest BCUT2D eigenvalue weighted by atomic mass is 16.6. The average molecular weight is 742 g/mol. The van der Waals surface area contributed by atoms with E-state index in [2.05, 4.69) is 217 Å². The summed E-state index contributed by atoms with van der Waals surface area (Å²) >= 11 is 0. The summed E-state index contributed by atoms with van der Waals surface area (Å²) in [5.74, 6) is 2.82. The van der Waals surface area contributed by atoms with Crippen molar-refractivity contribution in [1.29, 1.82) is 0 Å². The number of fused-ring (bicyclic) bond motifs is 13. The number of hydrogen-bond acceptors (Lipinski definition) is 3. The maximum absolute atomic E-state index is 7.02. The molecule has 0 N–H and O–H groups in total. The summed E-state index contributed by atoms with van der Waals surface area (Å²) in [6.45, 7) is 0. The quantitative estimate of drug-likeness (QED) is 0.175. The molecule has 0 atom stereocenters. The zero-order valence-electron chi connectivity index (χ0n) is 31.5. The van der Waals surface area contributed by atoms with Gasteiger partial charge in [0.05, 0.1) is 16.8 Å². The van der Waals surface area contributed by atoms with Crippen molar-refractivity contribution >= 4 is 17.1 Å². The molecule has 0 unspecified atom stereocenters. The van der Waals surface area contributed by atoms with Crippen LogP contribution in [-0.2, 0) is 5.41 Å². The zero-order valence-corrected chi connectivity index (χ0v) is 31.5. The van der Waals surface area contributed by atoms with Crippen LogP contribution in [0.25, 0.3) is 44.5 Å². The Morgan fingerprint density at radius 2 is 0.897 bits per heavy atom. The van der Waals surface area contributed by atoms with Crippen LogP contribution in [0.4, 0.5) is 17.1 Å². The molecule has 9 aromatic rings.